The molecule has 0 unspecified atom stereocenters. The molecule has 2 rings (SSSR count). The fraction of sp³-hybridized carbons (Fsp3) is 0.267. The summed E-state index contributed by atoms with van der Waals surface area (Å²) in [4.78, 5) is 4.15. The van der Waals surface area contributed by atoms with Crippen LogP contribution in [0, 0.1) is 5.82 Å². The van der Waals surface area contributed by atoms with Crippen molar-refractivity contribution in [3.05, 3.63) is 60.2 Å². The number of nitrogens with one attached hydrogen (secondary N) is 2. The van der Waals surface area contributed by atoms with Crippen LogP contribution >= 0.6 is 24.0 Å². The van der Waals surface area contributed by atoms with Gasteiger partial charge in [0, 0.05) is 39.1 Å². The average molecular weight is 402 g/mol. The molecule has 0 fully saturated rings. The molecule has 2 N–H and O–H groups in total. The van der Waals surface area contributed by atoms with Crippen molar-refractivity contribution in [2.24, 2.45) is 4.99 Å². The van der Waals surface area contributed by atoms with Crippen molar-refractivity contribution >= 4 is 29.9 Å². The van der Waals surface area contributed by atoms with Crippen molar-refractivity contribution in [1.82, 2.24) is 15.2 Å². The molecular weight excluding hydrogens is 382 g/mol. The number of aliphatic imine (C=N–C) groups is 1. The summed E-state index contributed by atoms with van der Waals surface area (Å²) in [5.74, 6) is 0.518. The molecule has 2 aromatic rings. The van der Waals surface area contributed by atoms with E-state index < -0.39 is 0 Å². The quantitative estimate of drug-likeness (QED) is 0.459. The molecule has 1 aromatic carbocycles. The van der Waals surface area contributed by atoms with Crippen LogP contribution in [-0.4, -0.2) is 24.1 Å². The van der Waals surface area contributed by atoms with E-state index in [2.05, 4.69) is 20.2 Å². The molecule has 0 aliphatic heterocycles. The van der Waals surface area contributed by atoms with Crippen molar-refractivity contribution in [3.63, 3.8) is 0 Å². The van der Waals surface area contributed by atoms with Crippen LogP contribution < -0.4 is 10.6 Å². The fourth-order valence-electron chi connectivity index (χ4n) is 1.83. The molecule has 0 atom stereocenters. The average Bonchev–Trinajstić information content (AvgIpc) is 2.97. The van der Waals surface area contributed by atoms with Crippen LogP contribution in [0.4, 0.5) is 4.39 Å². The first-order chi connectivity index (χ1) is 9.78. The van der Waals surface area contributed by atoms with Crippen LogP contribution in [0.3, 0.4) is 0 Å². The highest BCUT2D eigenvalue weighted by Gasteiger charge is 1.98. The Morgan fingerprint density at radius 3 is 2.43 bits per heavy atom. The lowest BCUT2D eigenvalue weighted by Gasteiger charge is -2.12. The minimum Gasteiger partial charge on any atom is -0.355 e. The number of nitrogens with zero attached hydrogens (tertiary/aromatic N) is 2. The third-order valence-corrected chi connectivity index (χ3v) is 2.93. The Bertz CT molecular complexity index is 537. The highest BCUT2D eigenvalue weighted by Crippen LogP contribution is 2.01. The van der Waals surface area contributed by atoms with E-state index in [1.54, 1.807) is 19.2 Å². The van der Waals surface area contributed by atoms with Gasteiger partial charge in [-0.05, 0) is 29.8 Å². The first-order valence-corrected chi connectivity index (χ1v) is 6.57. The molecule has 0 bridgehead atoms. The molecule has 0 spiro atoms. The number of rotatable bonds is 5. The maximum Gasteiger partial charge on any atom is 0.191 e. The molecule has 21 heavy (non-hydrogen) atoms. The normalized spacial score (nSPS) is 10.9. The third-order valence-electron chi connectivity index (χ3n) is 2.93. The van der Waals surface area contributed by atoms with Crippen molar-refractivity contribution in [2.75, 3.05) is 13.6 Å². The summed E-state index contributed by atoms with van der Waals surface area (Å²) >= 11 is 0. The van der Waals surface area contributed by atoms with Gasteiger partial charge in [-0.25, -0.2) is 4.39 Å². The summed E-state index contributed by atoms with van der Waals surface area (Å²) in [5, 5.41) is 6.43. The van der Waals surface area contributed by atoms with Gasteiger partial charge in [-0.1, -0.05) is 12.1 Å². The van der Waals surface area contributed by atoms with Crippen LogP contribution in [-0.2, 0) is 13.1 Å². The van der Waals surface area contributed by atoms with Gasteiger partial charge in [-0.15, -0.1) is 24.0 Å². The predicted octanol–water partition coefficient (Wildman–Crippen LogP) is 2.61. The van der Waals surface area contributed by atoms with Gasteiger partial charge < -0.3 is 15.2 Å². The lowest BCUT2D eigenvalue weighted by atomic mass is 10.2. The van der Waals surface area contributed by atoms with Gasteiger partial charge in [0.25, 0.3) is 0 Å². The Labute approximate surface area is 141 Å². The lowest BCUT2D eigenvalue weighted by molar-refractivity contribution is 0.626. The molecule has 0 saturated carbocycles. The monoisotopic (exact) mass is 402 g/mol. The topological polar surface area (TPSA) is 41.4 Å². The first kappa shape index (κ1) is 17.5. The number of aromatic nitrogens is 1. The second-order valence-electron chi connectivity index (χ2n) is 4.40. The zero-order valence-corrected chi connectivity index (χ0v) is 14.3. The van der Waals surface area contributed by atoms with Crippen LogP contribution in [0.2, 0.25) is 0 Å². The highest BCUT2D eigenvalue weighted by molar-refractivity contribution is 14.0. The molecule has 1 heterocycles. The van der Waals surface area contributed by atoms with Gasteiger partial charge in [0.05, 0.1) is 0 Å². The van der Waals surface area contributed by atoms with Crippen LogP contribution in [0.25, 0.3) is 0 Å². The van der Waals surface area contributed by atoms with E-state index in [4.69, 9.17) is 0 Å². The molecule has 0 aliphatic rings. The Balaban J connectivity index is 0.00000220. The zero-order chi connectivity index (χ0) is 14.2. The molecule has 4 nitrogen and oxygen atoms in total. The van der Waals surface area contributed by atoms with E-state index in [1.165, 1.54) is 12.1 Å². The number of guanidine groups is 1. The van der Waals surface area contributed by atoms with Gasteiger partial charge >= 0.3 is 0 Å². The first-order valence-electron chi connectivity index (χ1n) is 6.57. The van der Waals surface area contributed by atoms with Gasteiger partial charge in [0.2, 0.25) is 0 Å². The molecule has 1 aromatic heterocycles. The minimum atomic E-state index is -0.219. The summed E-state index contributed by atoms with van der Waals surface area (Å²) in [5.41, 5.74) is 1.01. The highest BCUT2D eigenvalue weighted by atomic mass is 127. The van der Waals surface area contributed by atoms with E-state index in [0.717, 1.165) is 24.6 Å². The van der Waals surface area contributed by atoms with E-state index in [9.17, 15) is 4.39 Å². The SMILES string of the molecule is CN=C(NCCn1cccc1)NCc1ccc(F)cc1.I. The Kier molecular flexibility index (Phi) is 7.81. The Hall–Kier alpha value is -1.57. The van der Waals surface area contributed by atoms with Gasteiger partial charge in [-0.2, -0.15) is 0 Å². The van der Waals surface area contributed by atoms with Crippen LogP contribution in [0.15, 0.2) is 53.8 Å². The molecule has 6 heteroatoms. The van der Waals surface area contributed by atoms with Crippen molar-refractivity contribution < 1.29 is 4.39 Å². The van der Waals surface area contributed by atoms with Crippen LogP contribution in [0.1, 0.15) is 5.56 Å². The summed E-state index contributed by atoms with van der Waals surface area (Å²) in [6.07, 6.45) is 4.05. The number of benzene rings is 1. The largest absolute Gasteiger partial charge is 0.355 e. The molecule has 114 valence electrons. The van der Waals surface area contributed by atoms with E-state index in [-0.39, 0.29) is 29.8 Å². The van der Waals surface area contributed by atoms with E-state index in [1.807, 2.05) is 24.5 Å². The smallest absolute Gasteiger partial charge is 0.191 e. The van der Waals surface area contributed by atoms with Gasteiger partial charge in [-0.3, -0.25) is 4.99 Å². The standard InChI is InChI=1S/C15H19FN4.HI/c1-17-15(18-8-11-20-9-2-3-10-20)19-12-13-4-6-14(16)7-5-13;/h2-7,9-10H,8,11-12H2,1H3,(H2,17,18,19);1H. The summed E-state index contributed by atoms with van der Waals surface area (Å²) < 4.78 is 14.9. The number of hydrogen-bond acceptors (Lipinski definition) is 1. The maximum absolute atomic E-state index is 12.8. The molecule has 0 amide bonds. The van der Waals surface area contributed by atoms with Gasteiger partial charge in [0.1, 0.15) is 5.82 Å². The zero-order valence-electron chi connectivity index (χ0n) is 11.9. The Morgan fingerprint density at radius 1 is 1.14 bits per heavy atom. The van der Waals surface area contributed by atoms with Crippen LogP contribution in [0.5, 0.6) is 0 Å². The summed E-state index contributed by atoms with van der Waals surface area (Å²) in [6, 6.07) is 10.4. The molecule has 0 aliphatic carbocycles. The molecule has 0 radical (unpaired) electrons. The molecular formula is C15H20FIN4. The fourth-order valence-corrected chi connectivity index (χ4v) is 1.83. The van der Waals surface area contributed by atoms with Crippen molar-refractivity contribution in [2.45, 2.75) is 13.1 Å². The summed E-state index contributed by atoms with van der Waals surface area (Å²) in [7, 11) is 1.73. The summed E-state index contributed by atoms with van der Waals surface area (Å²) in [6.45, 7) is 2.28. The second-order valence-corrected chi connectivity index (χ2v) is 4.40. The van der Waals surface area contributed by atoms with Crippen molar-refractivity contribution in [3.8, 4) is 0 Å². The predicted molar refractivity (Wildman–Crippen MR) is 94.4 cm³/mol. The van der Waals surface area contributed by atoms with E-state index in [0.29, 0.717) is 6.54 Å². The third kappa shape index (κ3) is 6.16. The number of hydrogen-bond donors (Lipinski definition) is 2. The number of halogens is 2. The maximum atomic E-state index is 12.8. The lowest BCUT2D eigenvalue weighted by Crippen LogP contribution is -2.38. The Morgan fingerprint density at radius 2 is 1.81 bits per heavy atom. The minimum absolute atomic E-state index is 0. The van der Waals surface area contributed by atoms with Crippen molar-refractivity contribution in [1.29, 1.82) is 0 Å². The second kappa shape index (κ2) is 9.38. The molecule has 0 saturated heterocycles. The van der Waals surface area contributed by atoms with E-state index >= 15 is 0 Å². The van der Waals surface area contributed by atoms with Gasteiger partial charge in [0.15, 0.2) is 5.96 Å².